The van der Waals surface area contributed by atoms with E-state index in [9.17, 15) is 9.36 Å². The summed E-state index contributed by atoms with van der Waals surface area (Å²) in [4.78, 5) is 29.9. The molecular weight excluding hydrogens is 193 g/mol. The zero-order valence-corrected chi connectivity index (χ0v) is 6.68. The maximum absolute atomic E-state index is 10.0. The van der Waals surface area contributed by atoms with E-state index in [0.29, 0.717) is 0 Å². The lowest BCUT2D eigenvalue weighted by atomic mass is 10.3. The Labute approximate surface area is 67.1 Å². The van der Waals surface area contributed by atoms with Gasteiger partial charge in [-0.15, -0.1) is 4.67 Å². The van der Waals surface area contributed by atoms with Crippen molar-refractivity contribution in [3.8, 4) is 0 Å². The summed E-state index contributed by atoms with van der Waals surface area (Å²) in [5.74, 6) is -1.36. The molecule has 0 aliphatic heterocycles. The van der Waals surface area contributed by atoms with Crippen molar-refractivity contribution in [3.63, 3.8) is 0 Å². The van der Waals surface area contributed by atoms with Crippen LogP contribution >= 0.6 is 7.82 Å². The van der Waals surface area contributed by atoms with Crippen LogP contribution in [-0.4, -0.2) is 33.5 Å². The molecule has 0 saturated heterocycles. The van der Waals surface area contributed by atoms with Crippen LogP contribution in [0.1, 0.15) is 0 Å². The number of rotatable bonds is 5. The van der Waals surface area contributed by atoms with E-state index in [1.54, 1.807) is 0 Å². The van der Waals surface area contributed by atoms with Crippen LogP contribution in [-0.2, 0) is 18.9 Å². The highest BCUT2D eigenvalue weighted by Gasteiger charge is 2.18. The number of carbonyl (C=O) groups is 1. The minimum atomic E-state index is -4.72. The van der Waals surface area contributed by atoms with Crippen LogP contribution in [0, 0.1) is 0 Å². The van der Waals surface area contributed by atoms with Crippen molar-refractivity contribution < 1.29 is 33.8 Å². The molecule has 8 nitrogen and oxygen atoms in total. The van der Waals surface area contributed by atoms with Crippen molar-refractivity contribution in [1.82, 2.24) is 0 Å². The average molecular weight is 201 g/mol. The quantitative estimate of drug-likeness (QED) is 0.238. The van der Waals surface area contributed by atoms with E-state index in [2.05, 4.69) is 9.56 Å². The van der Waals surface area contributed by atoms with Gasteiger partial charge in [0.2, 0.25) is 0 Å². The molecule has 0 fully saturated rings. The largest absolute Gasteiger partial charge is 0.496 e. The normalized spacial score (nSPS) is 14.2. The van der Waals surface area contributed by atoms with Gasteiger partial charge >= 0.3 is 13.8 Å². The number of nitrogens with two attached hydrogens (primary N) is 1. The van der Waals surface area contributed by atoms with Crippen LogP contribution in [0.15, 0.2) is 0 Å². The first-order chi connectivity index (χ1) is 5.33. The summed E-state index contributed by atoms with van der Waals surface area (Å²) < 4.78 is 13.4. The number of carboxylic acids is 1. The summed E-state index contributed by atoms with van der Waals surface area (Å²) in [5.41, 5.74) is 4.89. The molecule has 0 heterocycles. The minimum Gasteiger partial charge on any atom is -0.480 e. The standard InChI is InChI=1S/C3H8NO7P/c4-2(3(5)6)1-10-11-12(7,8)9/h2H,1,4H2,(H,5,6)(H2,7,8,9)/t2-/m0/s1. The zero-order valence-electron chi connectivity index (χ0n) is 5.78. The number of carboxylic acid groups (broad SMARTS) is 1. The molecule has 0 radical (unpaired) electrons. The topological polar surface area (TPSA) is 139 Å². The lowest BCUT2D eigenvalue weighted by Gasteiger charge is -2.06. The first kappa shape index (κ1) is 11.5. The molecule has 0 aliphatic rings. The van der Waals surface area contributed by atoms with Crippen molar-refractivity contribution >= 4 is 13.8 Å². The van der Waals surface area contributed by atoms with E-state index >= 15 is 0 Å². The number of hydrogen-bond acceptors (Lipinski definition) is 5. The molecule has 72 valence electrons. The molecule has 12 heavy (non-hydrogen) atoms. The molecule has 0 bridgehead atoms. The van der Waals surface area contributed by atoms with E-state index in [0.717, 1.165) is 0 Å². The maximum Gasteiger partial charge on any atom is 0.496 e. The molecule has 1 atom stereocenters. The molecule has 0 saturated carbocycles. The van der Waals surface area contributed by atoms with Gasteiger partial charge in [0.1, 0.15) is 12.6 Å². The first-order valence-electron chi connectivity index (χ1n) is 2.68. The number of hydrogen-bond donors (Lipinski definition) is 4. The highest BCUT2D eigenvalue weighted by Crippen LogP contribution is 2.35. The summed E-state index contributed by atoms with van der Waals surface area (Å²) in [7, 11) is -4.72. The molecule has 0 aliphatic carbocycles. The highest BCUT2D eigenvalue weighted by molar-refractivity contribution is 7.46. The van der Waals surface area contributed by atoms with E-state index in [1.165, 1.54) is 0 Å². The Kier molecular flexibility index (Phi) is 4.32. The second-order valence-corrected chi connectivity index (χ2v) is 2.92. The van der Waals surface area contributed by atoms with Crippen LogP contribution in [0.25, 0.3) is 0 Å². The lowest BCUT2D eigenvalue weighted by molar-refractivity contribution is -0.226. The maximum atomic E-state index is 10.0. The molecular formula is C3H8NO7P. The summed E-state index contributed by atoms with van der Waals surface area (Å²) in [5, 5.41) is 8.16. The first-order valence-corrected chi connectivity index (χ1v) is 4.21. The Bertz CT molecular complexity index is 199. The van der Waals surface area contributed by atoms with Crippen molar-refractivity contribution in [2.45, 2.75) is 6.04 Å². The summed E-state index contributed by atoms with van der Waals surface area (Å²) in [6, 6.07) is -1.38. The molecule has 0 rings (SSSR count). The molecule has 0 amide bonds. The number of phosphoric acid groups is 1. The smallest absolute Gasteiger partial charge is 0.480 e. The molecule has 0 unspecified atom stereocenters. The van der Waals surface area contributed by atoms with Gasteiger partial charge in [0.25, 0.3) is 0 Å². The SMILES string of the molecule is N[C@@H](COOP(=O)(O)O)C(=O)O. The summed E-state index contributed by atoms with van der Waals surface area (Å²) in [6.45, 7) is -0.638. The van der Waals surface area contributed by atoms with Crippen LogP contribution < -0.4 is 5.73 Å². The fraction of sp³-hybridized carbons (Fsp3) is 0.667. The monoisotopic (exact) mass is 201 g/mol. The summed E-state index contributed by atoms with van der Waals surface area (Å²) in [6.07, 6.45) is 0. The van der Waals surface area contributed by atoms with Crippen molar-refractivity contribution in [2.75, 3.05) is 6.61 Å². The van der Waals surface area contributed by atoms with Crippen LogP contribution in [0.3, 0.4) is 0 Å². The molecule has 0 spiro atoms. The van der Waals surface area contributed by atoms with Gasteiger partial charge in [-0.25, -0.2) is 9.45 Å². The third-order valence-electron chi connectivity index (χ3n) is 0.715. The van der Waals surface area contributed by atoms with Crippen molar-refractivity contribution in [1.29, 1.82) is 0 Å². The molecule has 9 heteroatoms. The predicted molar refractivity (Wildman–Crippen MR) is 34.7 cm³/mol. The minimum absolute atomic E-state index is 0.638. The molecule has 0 aromatic rings. The van der Waals surface area contributed by atoms with Crippen LogP contribution in [0.5, 0.6) is 0 Å². The van der Waals surface area contributed by atoms with Gasteiger partial charge in [0.05, 0.1) is 0 Å². The third kappa shape index (κ3) is 6.23. The molecule has 5 N–H and O–H groups in total. The van der Waals surface area contributed by atoms with Crippen molar-refractivity contribution in [3.05, 3.63) is 0 Å². The second-order valence-electron chi connectivity index (χ2n) is 1.79. The van der Waals surface area contributed by atoms with Gasteiger partial charge in [0, 0.05) is 0 Å². The second kappa shape index (κ2) is 4.51. The van der Waals surface area contributed by atoms with E-state index < -0.39 is 26.4 Å². The van der Waals surface area contributed by atoms with Crippen molar-refractivity contribution in [2.24, 2.45) is 5.73 Å². The molecule has 0 aromatic carbocycles. The molecule has 0 aromatic heterocycles. The fourth-order valence-corrected chi connectivity index (χ4v) is 0.442. The number of aliphatic carboxylic acids is 1. The van der Waals surface area contributed by atoms with Crippen LogP contribution in [0.2, 0.25) is 0 Å². The Morgan fingerprint density at radius 3 is 2.42 bits per heavy atom. The van der Waals surface area contributed by atoms with Gasteiger partial charge in [-0.05, 0) is 0 Å². The Hall–Kier alpha value is -0.500. The van der Waals surface area contributed by atoms with E-state index in [1.807, 2.05) is 0 Å². The zero-order chi connectivity index (χ0) is 9.78. The van der Waals surface area contributed by atoms with Gasteiger partial charge in [0.15, 0.2) is 0 Å². The Morgan fingerprint density at radius 2 is 2.08 bits per heavy atom. The summed E-state index contributed by atoms with van der Waals surface area (Å²) >= 11 is 0. The van der Waals surface area contributed by atoms with Gasteiger partial charge in [-0.2, -0.15) is 0 Å². The van der Waals surface area contributed by atoms with Gasteiger partial charge in [-0.3, -0.25) is 4.79 Å². The lowest BCUT2D eigenvalue weighted by Crippen LogP contribution is -2.34. The third-order valence-corrected chi connectivity index (χ3v) is 1.01. The predicted octanol–water partition coefficient (Wildman–Crippen LogP) is -1.56. The van der Waals surface area contributed by atoms with E-state index in [-0.39, 0.29) is 0 Å². The Balaban J connectivity index is 3.58. The van der Waals surface area contributed by atoms with E-state index in [4.69, 9.17) is 20.6 Å². The van der Waals surface area contributed by atoms with Gasteiger partial charge in [-0.1, -0.05) is 0 Å². The van der Waals surface area contributed by atoms with Crippen LogP contribution in [0.4, 0.5) is 0 Å². The van der Waals surface area contributed by atoms with Gasteiger partial charge < -0.3 is 20.6 Å². The Morgan fingerprint density at radius 1 is 1.58 bits per heavy atom. The highest BCUT2D eigenvalue weighted by atomic mass is 31.2. The fourth-order valence-electron chi connectivity index (χ4n) is 0.244. The average Bonchev–Trinajstić information content (AvgIpc) is 1.84.